The number of aryl methyl sites for hydroxylation is 1. The van der Waals surface area contributed by atoms with Gasteiger partial charge in [0.25, 0.3) is 5.91 Å². The Morgan fingerprint density at radius 3 is 2.76 bits per heavy atom. The molecule has 0 saturated carbocycles. The van der Waals surface area contributed by atoms with Crippen LogP contribution in [0.1, 0.15) is 16.2 Å². The molecule has 0 bridgehead atoms. The zero-order chi connectivity index (χ0) is 15.6. The number of carbonyl (C=O) groups excluding carboxylic acids is 1. The van der Waals surface area contributed by atoms with Gasteiger partial charge in [0.05, 0.1) is 22.6 Å². The molecule has 0 fully saturated rings. The Balaban J connectivity index is 2.18. The van der Waals surface area contributed by atoms with Crippen LogP contribution in [-0.4, -0.2) is 21.7 Å². The van der Waals surface area contributed by atoms with Crippen molar-refractivity contribution < 1.29 is 4.79 Å². The van der Waals surface area contributed by atoms with Crippen LogP contribution in [0.5, 0.6) is 0 Å². The van der Waals surface area contributed by atoms with E-state index in [-0.39, 0.29) is 26.6 Å². The summed E-state index contributed by atoms with van der Waals surface area (Å²) in [5.74, 6) is -0.643. The van der Waals surface area contributed by atoms with Crippen molar-refractivity contribution in [2.24, 2.45) is 12.1 Å². The minimum Gasteiger partial charge on any atom is -0.396 e. The summed E-state index contributed by atoms with van der Waals surface area (Å²) in [7, 11) is 1.85. The number of aromatic nitrogens is 2. The fourth-order valence-electron chi connectivity index (χ4n) is 1.50. The molecule has 2 aromatic heterocycles. The van der Waals surface area contributed by atoms with E-state index in [9.17, 15) is 4.79 Å². The summed E-state index contributed by atoms with van der Waals surface area (Å²) in [6.45, 7) is 0. The summed E-state index contributed by atoms with van der Waals surface area (Å²) in [6, 6.07) is 3.68. The Bertz CT molecular complexity index is 726. The van der Waals surface area contributed by atoms with Crippen LogP contribution < -0.4 is 11.2 Å². The normalized spacial score (nSPS) is 11.0. The van der Waals surface area contributed by atoms with Crippen molar-refractivity contribution in [3.63, 3.8) is 0 Å². The lowest BCUT2D eigenvalue weighted by atomic mass is 10.3. The third kappa shape index (κ3) is 3.29. The highest BCUT2D eigenvalue weighted by molar-refractivity contribution is 6.46. The van der Waals surface area contributed by atoms with Gasteiger partial charge in [-0.3, -0.25) is 4.79 Å². The molecule has 2 rings (SSSR count). The number of nitrogens with one attached hydrogen (secondary N) is 1. The molecule has 0 aliphatic rings. The van der Waals surface area contributed by atoms with E-state index >= 15 is 0 Å². The average molecular weight is 347 g/mol. The predicted octanol–water partition coefficient (Wildman–Crippen LogP) is 2.73. The first-order valence-corrected chi connectivity index (χ1v) is 6.80. The zero-order valence-corrected chi connectivity index (χ0v) is 13.0. The van der Waals surface area contributed by atoms with Gasteiger partial charge in [-0.15, -0.1) is 0 Å². The van der Waals surface area contributed by atoms with E-state index in [1.54, 1.807) is 0 Å². The van der Waals surface area contributed by atoms with E-state index in [2.05, 4.69) is 15.5 Å². The number of nitrogens with zero attached hydrogens (tertiary/aromatic N) is 3. The Morgan fingerprint density at radius 1 is 1.43 bits per heavy atom. The molecule has 21 heavy (non-hydrogen) atoms. The molecule has 0 saturated heterocycles. The Hall–Kier alpha value is -1.76. The molecule has 2 heterocycles. The number of nitrogens with two attached hydrogens (primary N) is 1. The molecule has 9 heteroatoms. The predicted molar refractivity (Wildman–Crippen MR) is 84.2 cm³/mol. The van der Waals surface area contributed by atoms with Gasteiger partial charge in [0.2, 0.25) is 0 Å². The summed E-state index contributed by atoms with van der Waals surface area (Å²) in [4.78, 5) is 15.8. The second-order valence-electron chi connectivity index (χ2n) is 4.04. The number of halogens is 3. The maximum absolute atomic E-state index is 12.0. The number of pyridine rings is 1. The summed E-state index contributed by atoms with van der Waals surface area (Å²) < 4.78 is 1.83. The van der Waals surface area contributed by atoms with Crippen LogP contribution in [-0.2, 0) is 7.05 Å². The van der Waals surface area contributed by atoms with Crippen LogP contribution in [0.3, 0.4) is 0 Å². The van der Waals surface area contributed by atoms with E-state index in [0.717, 1.165) is 5.69 Å². The summed E-state index contributed by atoms with van der Waals surface area (Å²) >= 11 is 17.5. The van der Waals surface area contributed by atoms with Gasteiger partial charge < -0.3 is 10.3 Å². The number of anilines is 1. The van der Waals surface area contributed by atoms with Gasteiger partial charge in [-0.25, -0.2) is 10.4 Å². The van der Waals surface area contributed by atoms with E-state index < -0.39 is 5.91 Å². The number of hydrogen-bond donors (Lipinski definition) is 2. The number of hydrazone groups is 1. The monoisotopic (exact) mass is 345 g/mol. The zero-order valence-electron chi connectivity index (χ0n) is 10.8. The van der Waals surface area contributed by atoms with Gasteiger partial charge in [0, 0.05) is 13.2 Å². The van der Waals surface area contributed by atoms with Crippen molar-refractivity contribution in [2.45, 2.75) is 0 Å². The van der Waals surface area contributed by atoms with Crippen molar-refractivity contribution in [3.8, 4) is 0 Å². The molecule has 0 aliphatic heterocycles. The quantitative estimate of drug-likeness (QED) is 0.509. The van der Waals surface area contributed by atoms with Gasteiger partial charge in [-0.1, -0.05) is 34.8 Å². The first-order valence-electron chi connectivity index (χ1n) is 5.66. The summed E-state index contributed by atoms with van der Waals surface area (Å²) in [5.41, 5.74) is 8.59. The highest BCUT2D eigenvalue weighted by Gasteiger charge is 2.19. The summed E-state index contributed by atoms with van der Waals surface area (Å²) in [5, 5.41) is 3.64. The number of amides is 1. The fraction of sp³-hybridized carbons (Fsp3) is 0.0833. The fourth-order valence-corrected chi connectivity index (χ4v) is 2.09. The van der Waals surface area contributed by atoms with Gasteiger partial charge in [0.15, 0.2) is 10.8 Å². The summed E-state index contributed by atoms with van der Waals surface area (Å²) in [6.07, 6.45) is 3.33. The first-order chi connectivity index (χ1) is 9.91. The molecule has 0 aromatic carbocycles. The third-order valence-electron chi connectivity index (χ3n) is 2.63. The van der Waals surface area contributed by atoms with Crippen molar-refractivity contribution in [1.82, 2.24) is 15.0 Å². The van der Waals surface area contributed by atoms with Gasteiger partial charge in [-0.05, 0) is 12.1 Å². The van der Waals surface area contributed by atoms with Crippen molar-refractivity contribution in [2.75, 3.05) is 5.73 Å². The second-order valence-corrected chi connectivity index (χ2v) is 5.15. The van der Waals surface area contributed by atoms with Crippen LogP contribution in [0.25, 0.3) is 0 Å². The minimum absolute atomic E-state index is 0.00472. The van der Waals surface area contributed by atoms with Gasteiger partial charge in [-0.2, -0.15) is 5.10 Å². The maximum atomic E-state index is 12.0. The molecule has 1 amide bonds. The molecular weight excluding hydrogens is 337 g/mol. The van der Waals surface area contributed by atoms with Crippen molar-refractivity contribution in [3.05, 3.63) is 44.9 Å². The van der Waals surface area contributed by atoms with Crippen LogP contribution >= 0.6 is 34.8 Å². The molecule has 0 radical (unpaired) electrons. The molecule has 3 N–H and O–H groups in total. The van der Waals surface area contributed by atoms with Crippen molar-refractivity contribution >= 4 is 52.6 Å². The number of hydrogen-bond acceptors (Lipinski definition) is 4. The van der Waals surface area contributed by atoms with Crippen LogP contribution in [0.4, 0.5) is 5.69 Å². The molecule has 0 unspecified atom stereocenters. The molecule has 110 valence electrons. The molecular formula is C12H10Cl3N5O. The standard InChI is InChI=1S/C12H10Cl3N5O/c1-20-4-2-3-6(20)5-17-19-12(21)10-7(13)9(16)8(14)11(15)18-10/h2-5H,1H3,(H2,16,18)(H,19,21)/b17-5+. The average Bonchev–Trinajstić information content (AvgIpc) is 2.86. The SMILES string of the molecule is Cn1cccc1/C=N/NC(=O)c1nc(Cl)c(Cl)c(N)c1Cl. The van der Waals surface area contributed by atoms with E-state index in [1.165, 1.54) is 6.21 Å². The van der Waals surface area contributed by atoms with Gasteiger partial charge >= 0.3 is 0 Å². The van der Waals surface area contributed by atoms with E-state index in [0.29, 0.717) is 0 Å². The first kappa shape index (κ1) is 15.6. The lowest BCUT2D eigenvalue weighted by Gasteiger charge is -2.07. The van der Waals surface area contributed by atoms with Crippen LogP contribution in [0, 0.1) is 0 Å². The molecule has 2 aromatic rings. The highest BCUT2D eigenvalue weighted by atomic mass is 35.5. The smallest absolute Gasteiger partial charge is 0.291 e. The lowest BCUT2D eigenvalue weighted by Crippen LogP contribution is -2.20. The van der Waals surface area contributed by atoms with Crippen LogP contribution in [0.2, 0.25) is 15.2 Å². The number of nitrogen functional groups attached to an aromatic ring is 1. The number of rotatable bonds is 3. The van der Waals surface area contributed by atoms with E-state index in [4.69, 9.17) is 40.5 Å². The second kappa shape index (κ2) is 6.34. The van der Waals surface area contributed by atoms with Crippen LogP contribution in [0.15, 0.2) is 23.4 Å². The minimum atomic E-state index is -0.643. The Kier molecular flexibility index (Phi) is 4.72. The lowest BCUT2D eigenvalue weighted by molar-refractivity contribution is 0.0950. The molecule has 0 aliphatic carbocycles. The molecule has 6 nitrogen and oxygen atoms in total. The maximum Gasteiger partial charge on any atom is 0.291 e. The highest BCUT2D eigenvalue weighted by Crippen LogP contribution is 2.34. The van der Waals surface area contributed by atoms with Gasteiger partial charge in [0.1, 0.15) is 5.02 Å². The largest absolute Gasteiger partial charge is 0.396 e. The topological polar surface area (TPSA) is 85.3 Å². The number of carbonyl (C=O) groups is 1. The Morgan fingerprint density at radius 2 is 2.14 bits per heavy atom. The van der Waals surface area contributed by atoms with Crippen molar-refractivity contribution in [1.29, 1.82) is 0 Å². The Labute approximate surface area is 135 Å². The molecule has 0 atom stereocenters. The van der Waals surface area contributed by atoms with E-state index in [1.807, 2.05) is 29.9 Å². The molecule has 0 spiro atoms. The third-order valence-corrected chi connectivity index (χ3v) is 3.77.